The highest BCUT2D eigenvalue weighted by molar-refractivity contribution is 6.30. The molecule has 1 aromatic heterocycles. The second-order valence-corrected chi connectivity index (χ2v) is 7.57. The Morgan fingerprint density at radius 1 is 1.13 bits per heavy atom. The molecule has 0 bridgehead atoms. The number of nitrogens with zero attached hydrogens (tertiary/aromatic N) is 5. The maximum absolute atomic E-state index is 12.9. The van der Waals surface area contributed by atoms with Crippen molar-refractivity contribution in [1.29, 1.82) is 0 Å². The molecule has 1 fully saturated rings. The second-order valence-electron chi connectivity index (χ2n) is 7.13. The van der Waals surface area contributed by atoms with Crippen LogP contribution in [0.5, 0.6) is 0 Å². The zero-order chi connectivity index (χ0) is 21.1. The van der Waals surface area contributed by atoms with Crippen LogP contribution in [0.1, 0.15) is 15.9 Å². The highest BCUT2D eigenvalue weighted by atomic mass is 35.5. The predicted octanol–water partition coefficient (Wildman–Crippen LogP) is 3.39. The summed E-state index contributed by atoms with van der Waals surface area (Å²) in [4.78, 5) is 31.9. The maximum atomic E-state index is 12.9. The molecule has 1 amide bonds. The summed E-state index contributed by atoms with van der Waals surface area (Å²) in [6.07, 6.45) is 4.66. The van der Waals surface area contributed by atoms with Crippen LogP contribution in [0, 0.1) is 10.1 Å². The van der Waals surface area contributed by atoms with Crippen molar-refractivity contribution in [2.75, 3.05) is 26.2 Å². The molecule has 1 saturated heterocycles. The van der Waals surface area contributed by atoms with Gasteiger partial charge in [0.25, 0.3) is 11.6 Å². The Bertz CT molecular complexity index is 1060. The molecule has 3 aromatic rings. The summed E-state index contributed by atoms with van der Waals surface area (Å²) >= 11 is 6.05. The molecule has 2 aromatic carbocycles. The number of rotatable bonds is 5. The van der Waals surface area contributed by atoms with Crippen LogP contribution in [0.2, 0.25) is 5.02 Å². The molecule has 0 N–H and O–H groups in total. The smallest absolute Gasteiger partial charge is 0.294 e. The third kappa shape index (κ3) is 4.34. The van der Waals surface area contributed by atoms with Crippen LogP contribution >= 0.6 is 11.6 Å². The molecule has 1 aliphatic rings. The van der Waals surface area contributed by atoms with Gasteiger partial charge in [0.15, 0.2) is 0 Å². The van der Waals surface area contributed by atoms with Crippen LogP contribution in [-0.2, 0) is 6.54 Å². The zero-order valence-electron chi connectivity index (χ0n) is 16.1. The van der Waals surface area contributed by atoms with Crippen molar-refractivity contribution in [3.05, 3.63) is 87.4 Å². The first kappa shape index (κ1) is 20.1. The van der Waals surface area contributed by atoms with Gasteiger partial charge >= 0.3 is 0 Å². The first-order valence-electron chi connectivity index (χ1n) is 9.54. The van der Waals surface area contributed by atoms with Gasteiger partial charge in [-0.3, -0.25) is 19.8 Å². The maximum Gasteiger partial charge on any atom is 0.294 e. The van der Waals surface area contributed by atoms with Crippen molar-refractivity contribution in [3.63, 3.8) is 0 Å². The molecular weight excluding hydrogens is 406 g/mol. The fourth-order valence-corrected chi connectivity index (χ4v) is 3.82. The van der Waals surface area contributed by atoms with Crippen molar-refractivity contribution >= 4 is 23.2 Å². The van der Waals surface area contributed by atoms with Crippen molar-refractivity contribution in [3.8, 4) is 5.69 Å². The predicted molar refractivity (Wildman–Crippen MR) is 113 cm³/mol. The normalized spacial score (nSPS) is 14.6. The minimum Gasteiger partial charge on any atom is -0.336 e. The van der Waals surface area contributed by atoms with E-state index in [-0.39, 0.29) is 11.6 Å². The average Bonchev–Trinajstić information content (AvgIpc) is 3.28. The van der Waals surface area contributed by atoms with Gasteiger partial charge in [0.05, 0.1) is 11.3 Å². The Morgan fingerprint density at radius 2 is 1.93 bits per heavy atom. The van der Waals surface area contributed by atoms with Crippen molar-refractivity contribution in [2.45, 2.75) is 6.54 Å². The van der Waals surface area contributed by atoms with Gasteiger partial charge in [0.1, 0.15) is 5.69 Å². The molecule has 9 heteroatoms. The van der Waals surface area contributed by atoms with E-state index < -0.39 is 4.92 Å². The molecule has 4 rings (SSSR count). The number of carbonyl (C=O) groups excluding carboxylic acids is 1. The fourth-order valence-electron chi connectivity index (χ4n) is 3.61. The largest absolute Gasteiger partial charge is 0.336 e. The molecule has 0 spiro atoms. The van der Waals surface area contributed by atoms with Gasteiger partial charge in [0.2, 0.25) is 0 Å². The lowest BCUT2D eigenvalue weighted by molar-refractivity contribution is -0.384. The molecule has 0 radical (unpaired) electrons. The number of benzene rings is 2. The van der Waals surface area contributed by atoms with Crippen LogP contribution in [0.25, 0.3) is 5.69 Å². The van der Waals surface area contributed by atoms with Gasteiger partial charge in [-0.1, -0.05) is 23.7 Å². The standard InChI is InChI=1S/C21H20ClN5O3/c22-18-3-1-2-16(12-18)14-24-8-10-25(11-9-24)21(28)17-4-5-19(20(13-17)27(29)30)26-7-6-23-15-26/h1-7,12-13,15H,8-11,14H2. The zero-order valence-corrected chi connectivity index (χ0v) is 16.9. The first-order chi connectivity index (χ1) is 14.5. The Balaban J connectivity index is 1.44. The van der Waals surface area contributed by atoms with E-state index >= 15 is 0 Å². The molecule has 2 heterocycles. The molecule has 8 nitrogen and oxygen atoms in total. The SMILES string of the molecule is O=C(c1ccc(-n2ccnc2)c([N+](=O)[O-])c1)N1CCN(Cc2cccc(Cl)c2)CC1. The summed E-state index contributed by atoms with van der Waals surface area (Å²) in [5.41, 5.74) is 1.70. The lowest BCUT2D eigenvalue weighted by atomic mass is 10.1. The number of halogens is 1. The van der Waals surface area contributed by atoms with Crippen LogP contribution in [0.15, 0.2) is 61.2 Å². The van der Waals surface area contributed by atoms with E-state index in [1.807, 2.05) is 24.3 Å². The van der Waals surface area contributed by atoms with Crippen molar-refractivity contribution < 1.29 is 9.72 Å². The lowest BCUT2D eigenvalue weighted by Crippen LogP contribution is -2.48. The topological polar surface area (TPSA) is 84.5 Å². The lowest BCUT2D eigenvalue weighted by Gasteiger charge is -2.34. The Hall–Kier alpha value is -3.23. The number of piperazine rings is 1. The molecule has 154 valence electrons. The monoisotopic (exact) mass is 425 g/mol. The molecule has 0 saturated carbocycles. The van der Waals surface area contributed by atoms with Gasteiger partial charge in [-0.05, 0) is 29.8 Å². The van der Waals surface area contributed by atoms with Crippen LogP contribution in [0.4, 0.5) is 5.69 Å². The molecule has 30 heavy (non-hydrogen) atoms. The van der Waals surface area contributed by atoms with Crippen molar-refractivity contribution in [1.82, 2.24) is 19.4 Å². The number of hydrogen-bond acceptors (Lipinski definition) is 5. The number of hydrogen-bond donors (Lipinski definition) is 0. The first-order valence-corrected chi connectivity index (χ1v) is 9.92. The summed E-state index contributed by atoms with van der Waals surface area (Å²) < 4.78 is 1.56. The highest BCUT2D eigenvalue weighted by Crippen LogP contribution is 2.25. The molecule has 1 aliphatic heterocycles. The molecule has 0 atom stereocenters. The van der Waals surface area contributed by atoms with Gasteiger partial charge in [-0.25, -0.2) is 4.98 Å². The van der Waals surface area contributed by atoms with Crippen LogP contribution in [0.3, 0.4) is 0 Å². The summed E-state index contributed by atoms with van der Waals surface area (Å²) in [6.45, 7) is 3.36. The Morgan fingerprint density at radius 3 is 2.60 bits per heavy atom. The summed E-state index contributed by atoms with van der Waals surface area (Å²) in [7, 11) is 0. The van der Waals surface area contributed by atoms with Gasteiger partial charge < -0.3 is 9.47 Å². The van der Waals surface area contributed by atoms with E-state index in [0.717, 1.165) is 25.2 Å². The Kier molecular flexibility index (Phi) is 5.78. The number of nitro benzene ring substituents is 1. The van der Waals surface area contributed by atoms with Gasteiger partial charge in [-0.15, -0.1) is 0 Å². The second kappa shape index (κ2) is 8.64. The van der Waals surface area contributed by atoms with Crippen molar-refractivity contribution in [2.24, 2.45) is 0 Å². The molecular formula is C21H20ClN5O3. The third-order valence-electron chi connectivity index (χ3n) is 5.16. The Labute approximate surface area is 178 Å². The molecule has 0 aliphatic carbocycles. The van der Waals surface area contributed by atoms with Gasteiger partial charge in [0, 0.05) is 61.8 Å². The van der Waals surface area contributed by atoms with E-state index in [1.54, 1.807) is 34.0 Å². The number of imidazole rings is 1. The van der Waals surface area contributed by atoms with E-state index in [2.05, 4.69) is 9.88 Å². The van der Waals surface area contributed by atoms with Gasteiger partial charge in [-0.2, -0.15) is 0 Å². The summed E-state index contributed by atoms with van der Waals surface area (Å²) in [6, 6.07) is 12.3. The summed E-state index contributed by atoms with van der Waals surface area (Å²) in [5, 5.41) is 12.2. The quantitative estimate of drug-likeness (QED) is 0.462. The van der Waals surface area contributed by atoms with E-state index in [9.17, 15) is 14.9 Å². The third-order valence-corrected chi connectivity index (χ3v) is 5.39. The average molecular weight is 426 g/mol. The fraction of sp³-hybridized carbons (Fsp3) is 0.238. The van der Waals surface area contributed by atoms with Crippen LogP contribution < -0.4 is 0 Å². The highest BCUT2D eigenvalue weighted by Gasteiger charge is 2.25. The van der Waals surface area contributed by atoms with Crippen LogP contribution in [-0.4, -0.2) is 56.4 Å². The van der Waals surface area contributed by atoms with E-state index in [0.29, 0.717) is 29.4 Å². The minimum absolute atomic E-state index is 0.126. The van der Waals surface area contributed by atoms with E-state index in [4.69, 9.17) is 11.6 Å². The van der Waals surface area contributed by atoms with E-state index in [1.165, 1.54) is 12.4 Å². The molecule has 0 unspecified atom stereocenters. The summed E-state index contributed by atoms with van der Waals surface area (Å²) in [5.74, 6) is -0.197. The minimum atomic E-state index is -0.477. The number of amides is 1. The number of carbonyl (C=O) groups is 1. The number of nitro groups is 1. The number of aromatic nitrogens is 2.